The lowest BCUT2D eigenvalue weighted by Crippen LogP contribution is -2.44. The van der Waals surface area contributed by atoms with Crippen molar-refractivity contribution >= 4 is 0 Å². The summed E-state index contributed by atoms with van der Waals surface area (Å²) in [5.41, 5.74) is 7.09. The second kappa shape index (κ2) is 6.89. The summed E-state index contributed by atoms with van der Waals surface area (Å²) < 4.78 is 14.0. The molecule has 2 N–H and O–H groups in total. The standard InChI is InChI=1S/C18H29FN2/c1-14-7-6-10-18(11-14,12-20)13-21(3)15(2)16-8-4-5-9-17(16)19/h4-5,8-9,14-15H,6-7,10-13,20H2,1-3H3. The van der Waals surface area contributed by atoms with E-state index < -0.39 is 0 Å². The lowest BCUT2D eigenvalue weighted by atomic mass is 9.69. The number of hydrogen-bond donors (Lipinski definition) is 1. The van der Waals surface area contributed by atoms with Gasteiger partial charge in [-0.25, -0.2) is 4.39 Å². The van der Waals surface area contributed by atoms with Crippen molar-refractivity contribution in [3.05, 3.63) is 35.6 Å². The Balaban J connectivity index is 2.09. The van der Waals surface area contributed by atoms with Gasteiger partial charge in [-0.1, -0.05) is 38.0 Å². The molecule has 0 aliphatic heterocycles. The van der Waals surface area contributed by atoms with Crippen LogP contribution in [0.25, 0.3) is 0 Å². The van der Waals surface area contributed by atoms with Crippen LogP contribution >= 0.6 is 0 Å². The topological polar surface area (TPSA) is 29.3 Å². The fourth-order valence-corrected chi connectivity index (χ4v) is 3.88. The SMILES string of the molecule is CC1CCCC(CN)(CN(C)C(C)c2ccccc2F)C1. The van der Waals surface area contributed by atoms with Crippen LogP contribution < -0.4 is 5.73 Å². The summed E-state index contributed by atoms with van der Waals surface area (Å²) in [6.45, 7) is 6.08. The molecule has 1 fully saturated rings. The highest BCUT2D eigenvalue weighted by Crippen LogP contribution is 2.40. The predicted molar refractivity (Wildman–Crippen MR) is 86.6 cm³/mol. The number of hydrogen-bond acceptors (Lipinski definition) is 2. The Morgan fingerprint density at radius 1 is 1.43 bits per heavy atom. The first-order chi connectivity index (χ1) is 9.97. The summed E-state index contributed by atoms with van der Waals surface area (Å²) in [6, 6.07) is 7.16. The van der Waals surface area contributed by atoms with Gasteiger partial charge >= 0.3 is 0 Å². The maximum absolute atomic E-state index is 14.0. The fraction of sp³-hybridized carbons (Fsp3) is 0.667. The van der Waals surface area contributed by atoms with Gasteiger partial charge in [-0.3, -0.25) is 4.90 Å². The van der Waals surface area contributed by atoms with E-state index in [2.05, 4.69) is 25.8 Å². The summed E-state index contributed by atoms with van der Waals surface area (Å²) in [5.74, 6) is 0.634. The Hall–Kier alpha value is -0.930. The smallest absolute Gasteiger partial charge is 0.127 e. The van der Waals surface area contributed by atoms with E-state index in [0.29, 0.717) is 0 Å². The molecule has 1 aromatic carbocycles. The van der Waals surface area contributed by atoms with E-state index in [1.165, 1.54) is 25.7 Å². The van der Waals surface area contributed by atoms with Gasteiger partial charge < -0.3 is 5.73 Å². The van der Waals surface area contributed by atoms with Gasteiger partial charge in [-0.05, 0) is 50.8 Å². The Labute approximate surface area is 128 Å². The van der Waals surface area contributed by atoms with Crippen LogP contribution in [0.15, 0.2) is 24.3 Å². The van der Waals surface area contributed by atoms with E-state index in [9.17, 15) is 4.39 Å². The Morgan fingerprint density at radius 3 is 2.76 bits per heavy atom. The van der Waals surface area contributed by atoms with Gasteiger partial charge in [0.05, 0.1) is 0 Å². The number of nitrogens with zero attached hydrogens (tertiary/aromatic N) is 1. The van der Waals surface area contributed by atoms with Crippen molar-refractivity contribution in [1.82, 2.24) is 4.90 Å². The van der Waals surface area contributed by atoms with Crippen molar-refractivity contribution in [3.8, 4) is 0 Å². The second-order valence-corrected chi connectivity index (χ2v) is 7.02. The zero-order chi connectivity index (χ0) is 15.5. The molecular formula is C18H29FN2. The lowest BCUT2D eigenvalue weighted by molar-refractivity contribution is 0.0831. The fourth-order valence-electron chi connectivity index (χ4n) is 3.88. The summed E-state index contributed by atoms with van der Waals surface area (Å²) in [5, 5.41) is 0. The van der Waals surface area contributed by atoms with E-state index in [4.69, 9.17) is 5.73 Å². The van der Waals surface area contributed by atoms with Gasteiger partial charge in [0.2, 0.25) is 0 Å². The maximum Gasteiger partial charge on any atom is 0.127 e. The van der Waals surface area contributed by atoms with Crippen molar-refractivity contribution < 1.29 is 4.39 Å². The number of benzene rings is 1. The van der Waals surface area contributed by atoms with Crippen molar-refractivity contribution in [2.45, 2.75) is 45.6 Å². The molecule has 2 rings (SSSR count). The molecule has 3 atom stereocenters. The highest BCUT2D eigenvalue weighted by Gasteiger charge is 2.35. The summed E-state index contributed by atoms with van der Waals surface area (Å²) in [4.78, 5) is 2.27. The summed E-state index contributed by atoms with van der Waals surface area (Å²) >= 11 is 0. The number of rotatable bonds is 5. The molecule has 3 heteroatoms. The monoisotopic (exact) mass is 292 g/mol. The van der Waals surface area contributed by atoms with Crippen molar-refractivity contribution in [2.24, 2.45) is 17.1 Å². The molecule has 3 unspecified atom stereocenters. The van der Waals surface area contributed by atoms with Crippen molar-refractivity contribution in [2.75, 3.05) is 20.1 Å². The zero-order valence-electron chi connectivity index (χ0n) is 13.6. The minimum Gasteiger partial charge on any atom is -0.330 e. The minimum atomic E-state index is -0.115. The molecule has 0 spiro atoms. The van der Waals surface area contributed by atoms with Gasteiger partial charge in [0.25, 0.3) is 0 Å². The molecule has 21 heavy (non-hydrogen) atoms. The zero-order valence-corrected chi connectivity index (χ0v) is 13.6. The van der Waals surface area contributed by atoms with E-state index >= 15 is 0 Å². The molecular weight excluding hydrogens is 263 g/mol. The molecule has 0 radical (unpaired) electrons. The number of halogens is 1. The van der Waals surface area contributed by atoms with Crippen LogP contribution in [0.4, 0.5) is 4.39 Å². The predicted octanol–water partition coefficient (Wildman–Crippen LogP) is 3.97. The average molecular weight is 292 g/mol. The number of nitrogens with two attached hydrogens (primary N) is 1. The molecule has 0 amide bonds. The van der Waals surface area contributed by atoms with Gasteiger partial charge in [0.1, 0.15) is 5.82 Å². The third kappa shape index (κ3) is 3.83. The molecule has 2 nitrogen and oxygen atoms in total. The molecule has 0 bridgehead atoms. The van der Waals surface area contributed by atoms with Crippen LogP contribution in [0.2, 0.25) is 0 Å². The average Bonchev–Trinajstić information content (AvgIpc) is 2.47. The van der Waals surface area contributed by atoms with Gasteiger partial charge in [0.15, 0.2) is 0 Å². The summed E-state index contributed by atoms with van der Waals surface area (Å²) in [6.07, 6.45) is 4.97. The first-order valence-electron chi connectivity index (χ1n) is 8.12. The third-order valence-corrected chi connectivity index (χ3v) is 5.22. The van der Waals surface area contributed by atoms with Crippen LogP contribution in [0.1, 0.15) is 51.1 Å². The van der Waals surface area contributed by atoms with E-state index in [1.807, 2.05) is 12.1 Å². The molecule has 0 heterocycles. The van der Waals surface area contributed by atoms with E-state index in [1.54, 1.807) is 12.1 Å². The largest absolute Gasteiger partial charge is 0.330 e. The van der Waals surface area contributed by atoms with Gasteiger partial charge in [-0.2, -0.15) is 0 Å². The van der Waals surface area contributed by atoms with E-state index in [-0.39, 0.29) is 17.3 Å². The Morgan fingerprint density at radius 2 is 2.14 bits per heavy atom. The van der Waals surface area contributed by atoms with E-state index in [0.717, 1.165) is 24.6 Å². The van der Waals surface area contributed by atoms with Gasteiger partial charge in [0, 0.05) is 18.2 Å². The third-order valence-electron chi connectivity index (χ3n) is 5.22. The second-order valence-electron chi connectivity index (χ2n) is 7.02. The van der Waals surface area contributed by atoms with Crippen LogP contribution in [0, 0.1) is 17.2 Å². The molecule has 1 aliphatic carbocycles. The first kappa shape index (κ1) is 16.4. The molecule has 1 aliphatic rings. The van der Waals surface area contributed by atoms with Crippen LogP contribution in [0.5, 0.6) is 0 Å². The molecule has 118 valence electrons. The summed E-state index contributed by atoms with van der Waals surface area (Å²) in [7, 11) is 2.09. The van der Waals surface area contributed by atoms with Crippen molar-refractivity contribution in [1.29, 1.82) is 0 Å². The van der Waals surface area contributed by atoms with Crippen LogP contribution in [-0.2, 0) is 0 Å². The molecule has 0 aromatic heterocycles. The normalized spacial score (nSPS) is 27.8. The van der Waals surface area contributed by atoms with Crippen molar-refractivity contribution in [3.63, 3.8) is 0 Å². The first-order valence-corrected chi connectivity index (χ1v) is 8.12. The molecule has 1 saturated carbocycles. The maximum atomic E-state index is 14.0. The van der Waals surface area contributed by atoms with Gasteiger partial charge in [-0.15, -0.1) is 0 Å². The Kier molecular flexibility index (Phi) is 5.39. The molecule has 0 saturated heterocycles. The quantitative estimate of drug-likeness (QED) is 0.889. The highest BCUT2D eigenvalue weighted by molar-refractivity contribution is 5.20. The highest BCUT2D eigenvalue weighted by atomic mass is 19.1. The Bertz CT molecular complexity index is 462. The van der Waals surface area contributed by atoms with Crippen LogP contribution in [-0.4, -0.2) is 25.0 Å². The molecule has 1 aromatic rings. The lowest BCUT2D eigenvalue weighted by Gasteiger charge is -2.43. The van der Waals surface area contributed by atoms with Crippen LogP contribution in [0.3, 0.4) is 0 Å². The minimum absolute atomic E-state index is 0.0758.